The minimum absolute atomic E-state index is 0.0585. The van der Waals surface area contributed by atoms with Gasteiger partial charge in [0.25, 0.3) is 11.5 Å². The molecular formula is C21H19F3N6O3. The summed E-state index contributed by atoms with van der Waals surface area (Å²) in [7, 11) is 0. The lowest BCUT2D eigenvalue weighted by Gasteiger charge is -2.58. The van der Waals surface area contributed by atoms with Gasteiger partial charge in [-0.05, 0) is 31.0 Å². The Kier molecular flexibility index (Phi) is 4.69. The summed E-state index contributed by atoms with van der Waals surface area (Å²) in [5.74, 6) is -0.226. The van der Waals surface area contributed by atoms with Crippen molar-refractivity contribution < 1.29 is 22.8 Å². The molecule has 3 amide bonds. The molecule has 1 aliphatic heterocycles. The van der Waals surface area contributed by atoms with Gasteiger partial charge in [0.2, 0.25) is 0 Å². The summed E-state index contributed by atoms with van der Waals surface area (Å²) in [6, 6.07) is 5.06. The number of hydrogen-bond acceptors (Lipinski definition) is 4. The van der Waals surface area contributed by atoms with E-state index in [-0.39, 0.29) is 28.6 Å². The first-order chi connectivity index (χ1) is 15.6. The number of carbonyl (C=O) groups is 2. The van der Waals surface area contributed by atoms with Crippen LogP contribution < -0.4 is 16.2 Å². The first-order valence-electron chi connectivity index (χ1n) is 10.2. The van der Waals surface area contributed by atoms with E-state index in [2.05, 4.69) is 20.7 Å². The molecule has 3 N–H and O–H groups in total. The van der Waals surface area contributed by atoms with Gasteiger partial charge in [0, 0.05) is 42.5 Å². The van der Waals surface area contributed by atoms with Crippen LogP contribution in [0.15, 0.2) is 47.5 Å². The van der Waals surface area contributed by atoms with E-state index < -0.39 is 17.8 Å². The first-order valence-corrected chi connectivity index (χ1v) is 10.2. The van der Waals surface area contributed by atoms with Crippen molar-refractivity contribution in [1.82, 2.24) is 24.8 Å². The fourth-order valence-electron chi connectivity index (χ4n) is 4.60. The average molecular weight is 460 g/mol. The SMILES string of the molecule is O=C(Nc1cccc(C(F)(F)F)c1)NC1CC2(C1)CN(C(=O)c1cnn3ccc(=O)[nH]c13)C2. The fraction of sp³-hybridized carbons (Fsp3) is 0.333. The number of anilines is 1. The highest BCUT2D eigenvalue weighted by atomic mass is 19.4. The van der Waals surface area contributed by atoms with Gasteiger partial charge in [0.15, 0.2) is 0 Å². The van der Waals surface area contributed by atoms with Crippen molar-refractivity contribution in [3.05, 3.63) is 64.2 Å². The van der Waals surface area contributed by atoms with Crippen LogP contribution in [0.5, 0.6) is 0 Å². The third-order valence-corrected chi connectivity index (χ3v) is 6.12. The van der Waals surface area contributed by atoms with Crippen LogP contribution in [0.3, 0.4) is 0 Å². The van der Waals surface area contributed by atoms with E-state index in [0.717, 1.165) is 12.1 Å². The van der Waals surface area contributed by atoms with E-state index in [9.17, 15) is 27.6 Å². The molecule has 2 fully saturated rings. The summed E-state index contributed by atoms with van der Waals surface area (Å²) >= 11 is 0. The Morgan fingerprint density at radius 3 is 2.67 bits per heavy atom. The number of likely N-dealkylation sites (tertiary alicyclic amines) is 1. The van der Waals surface area contributed by atoms with Crippen LogP contribution >= 0.6 is 0 Å². The Bertz CT molecular complexity index is 1300. The normalized spacial score (nSPS) is 17.5. The molecule has 1 saturated heterocycles. The maximum Gasteiger partial charge on any atom is 0.416 e. The Hall–Kier alpha value is -3.83. The summed E-state index contributed by atoms with van der Waals surface area (Å²) in [6.45, 7) is 1.04. The number of fused-ring (bicyclic) bond motifs is 1. The van der Waals surface area contributed by atoms with Crippen molar-refractivity contribution in [1.29, 1.82) is 0 Å². The molecule has 2 aromatic heterocycles. The number of aromatic amines is 1. The van der Waals surface area contributed by atoms with Crippen molar-refractivity contribution in [3.8, 4) is 0 Å². The van der Waals surface area contributed by atoms with Crippen LogP contribution in [0.1, 0.15) is 28.8 Å². The van der Waals surface area contributed by atoms with Crippen LogP contribution in [0.2, 0.25) is 0 Å². The second-order valence-corrected chi connectivity index (χ2v) is 8.60. The van der Waals surface area contributed by atoms with Crippen LogP contribution in [0, 0.1) is 5.41 Å². The summed E-state index contributed by atoms with van der Waals surface area (Å²) < 4.78 is 39.8. The molecule has 12 heteroatoms. The van der Waals surface area contributed by atoms with E-state index in [4.69, 9.17) is 0 Å². The van der Waals surface area contributed by atoms with Crippen molar-refractivity contribution in [2.45, 2.75) is 25.1 Å². The highest BCUT2D eigenvalue weighted by molar-refractivity contribution is 6.00. The lowest BCUT2D eigenvalue weighted by molar-refractivity contribution is -0.137. The molecule has 3 aromatic rings. The number of carbonyl (C=O) groups excluding carboxylic acids is 2. The topological polar surface area (TPSA) is 112 Å². The number of halogens is 3. The summed E-state index contributed by atoms with van der Waals surface area (Å²) in [5, 5.41) is 9.26. The number of urea groups is 1. The van der Waals surface area contributed by atoms with Gasteiger partial charge >= 0.3 is 12.2 Å². The zero-order chi connectivity index (χ0) is 23.4. The molecule has 0 unspecified atom stereocenters. The van der Waals surface area contributed by atoms with E-state index in [0.29, 0.717) is 37.1 Å². The predicted octanol–water partition coefficient (Wildman–Crippen LogP) is 2.47. The monoisotopic (exact) mass is 460 g/mol. The Morgan fingerprint density at radius 2 is 1.94 bits per heavy atom. The second kappa shape index (κ2) is 7.36. The maximum absolute atomic E-state index is 12.8. The molecular weight excluding hydrogens is 441 g/mol. The molecule has 1 saturated carbocycles. The van der Waals surface area contributed by atoms with Crippen molar-refractivity contribution in [2.24, 2.45) is 5.41 Å². The van der Waals surface area contributed by atoms with Gasteiger partial charge in [-0.2, -0.15) is 18.3 Å². The zero-order valence-corrected chi connectivity index (χ0v) is 17.1. The zero-order valence-electron chi connectivity index (χ0n) is 17.1. The smallest absolute Gasteiger partial charge is 0.337 e. The van der Waals surface area contributed by atoms with Crippen LogP contribution in [0.4, 0.5) is 23.7 Å². The van der Waals surface area contributed by atoms with E-state index in [1.165, 1.54) is 35.1 Å². The molecule has 0 bridgehead atoms. The number of nitrogens with one attached hydrogen (secondary N) is 3. The largest absolute Gasteiger partial charge is 0.416 e. The van der Waals surface area contributed by atoms with Crippen molar-refractivity contribution >= 4 is 23.3 Å². The minimum atomic E-state index is -4.49. The van der Waals surface area contributed by atoms with Gasteiger partial charge in [-0.1, -0.05) is 6.07 Å². The number of nitrogens with zero attached hydrogens (tertiary/aromatic N) is 3. The van der Waals surface area contributed by atoms with Gasteiger partial charge in [0.05, 0.1) is 11.8 Å². The molecule has 0 atom stereocenters. The number of benzene rings is 1. The lowest BCUT2D eigenvalue weighted by Crippen LogP contribution is -2.67. The van der Waals surface area contributed by atoms with Crippen LogP contribution in [-0.4, -0.2) is 50.6 Å². The molecule has 0 radical (unpaired) electrons. The van der Waals surface area contributed by atoms with Crippen LogP contribution in [-0.2, 0) is 6.18 Å². The summed E-state index contributed by atoms with van der Waals surface area (Å²) in [6.07, 6.45) is -0.255. The van der Waals surface area contributed by atoms with Gasteiger partial charge < -0.3 is 20.5 Å². The molecule has 5 rings (SSSR count). The molecule has 33 heavy (non-hydrogen) atoms. The quantitative estimate of drug-likeness (QED) is 0.558. The Morgan fingerprint density at radius 1 is 1.18 bits per heavy atom. The summed E-state index contributed by atoms with van der Waals surface area (Å²) in [5.41, 5.74) is -0.529. The number of rotatable bonds is 3. The standard InChI is InChI=1S/C21H19F3N6O3/c22-21(23,24)12-2-1-3-13(6-12)26-19(33)27-14-7-20(8-14)10-29(11-20)18(32)15-9-25-30-5-4-16(31)28-17(15)30/h1-6,9,14H,7-8,10-11H2,(H,28,31)(H2,26,27,33). The van der Waals surface area contributed by atoms with Gasteiger partial charge in [-0.15, -0.1) is 0 Å². The number of aromatic nitrogens is 3. The molecule has 3 heterocycles. The molecule has 1 aliphatic carbocycles. The third kappa shape index (κ3) is 3.92. The van der Waals surface area contributed by atoms with E-state index in [1.54, 1.807) is 4.90 Å². The maximum atomic E-state index is 12.8. The van der Waals surface area contributed by atoms with Crippen LogP contribution in [0.25, 0.3) is 5.65 Å². The fourth-order valence-corrected chi connectivity index (χ4v) is 4.60. The van der Waals surface area contributed by atoms with Gasteiger partial charge in [0.1, 0.15) is 11.2 Å². The lowest BCUT2D eigenvalue weighted by atomic mass is 9.60. The Balaban J connectivity index is 1.13. The first kappa shape index (κ1) is 21.0. The molecule has 1 spiro atoms. The number of amides is 3. The van der Waals surface area contributed by atoms with Crippen molar-refractivity contribution in [3.63, 3.8) is 0 Å². The summed E-state index contributed by atoms with van der Waals surface area (Å²) in [4.78, 5) is 40.8. The minimum Gasteiger partial charge on any atom is -0.337 e. The number of hydrogen-bond donors (Lipinski definition) is 3. The highest BCUT2D eigenvalue weighted by Crippen LogP contribution is 2.48. The molecule has 2 aliphatic rings. The predicted molar refractivity (Wildman–Crippen MR) is 111 cm³/mol. The number of H-pyrrole nitrogens is 1. The average Bonchev–Trinajstić information content (AvgIpc) is 3.11. The van der Waals surface area contributed by atoms with Gasteiger partial charge in [-0.3, -0.25) is 9.59 Å². The molecule has 1 aromatic carbocycles. The second-order valence-electron chi connectivity index (χ2n) is 8.60. The molecule has 9 nitrogen and oxygen atoms in total. The number of alkyl halides is 3. The highest BCUT2D eigenvalue weighted by Gasteiger charge is 2.54. The van der Waals surface area contributed by atoms with E-state index >= 15 is 0 Å². The van der Waals surface area contributed by atoms with Crippen molar-refractivity contribution in [2.75, 3.05) is 18.4 Å². The Labute approximate surface area is 184 Å². The van der Waals surface area contributed by atoms with E-state index in [1.807, 2.05) is 0 Å². The van der Waals surface area contributed by atoms with Gasteiger partial charge in [-0.25, -0.2) is 9.31 Å². The third-order valence-electron chi connectivity index (χ3n) is 6.12. The molecule has 172 valence electrons.